The Morgan fingerprint density at radius 3 is 2.43 bits per heavy atom. The Labute approximate surface area is 139 Å². The van der Waals surface area contributed by atoms with E-state index in [1.807, 2.05) is 68.4 Å². The number of rotatable bonds is 4. The third kappa shape index (κ3) is 3.66. The number of hydrogen-bond acceptors (Lipinski definition) is 4. The normalized spacial score (nSPS) is 10.5. The van der Waals surface area contributed by atoms with Gasteiger partial charge in [0.2, 0.25) is 0 Å². The van der Waals surface area contributed by atoms with E-state index in [2.05, 4.69) is 4.98 Å². The Bertz CT molecular complexity index is 807. The van der Waals surface area contributed by atoms with Crippen molar-refractivity contribution in [1.82, 2.24) is 4.98 Å². The van der Waals surface area contributed by atoms with E-state index in [0.29, 0.717) is 10.6 Å². The van der Waals surface area contributed by atoms with Crippen molar-refractivity contribution in [3.63, 3.8) is 0 Å². The Hall–Kier alpha value is -2.46. The molecule has 0 aliphatic heterocycles. The molecular weight excluding hydrogens is 306 g/mol. The highest BCUT2D eigenvalue weighted by atomic mass is 32.1. The summed E-state index contributed by atoms with van der Waals surface area (Å²) in [5.41, 5.74) is 3.89. The van der Waals surface area contributed by atoms with Gasteiger partial charge in [-0.15, -0.1) is 11.3 Å². The summed E-state index contributed by atoms with van der Waals surface area (Å²) < 4.78 is 5.42. The summed E-state index contributed by atoms with van der Waals surface area (Å²) in [4.78, 5) is 17.4. The van der Waals surface area contributed by atoms with Crippen LogP contribution in [0.25, 0.3) is 10.6 Å². The van der Waals surface area contributed by atoms with Crippen LogP contribution in [0.4, 0.5) is 0 Å². The van der Waals surface area contributed by atoms with Crippen LogP contribution in [0.5, 0.6) is 0 Å². The quantitative estimate of drug-likeness (QED) is 0.648. The van der Waals surface area contributed by atoms with Gasteiger partial charge in [0.15, 0.2) is 0 Å². The van der Waals surface area contributed by atoms with Gasteiger partial charge in [-0.05, 0) is 19.4 Å². The van der Waals surface area contributed by atoms with Crippen LogP contribution in [0, 0.1) is 13.8 Å². The van der Waals surface area contributed by atoms with Crippen molar-refractivity contribution in [2.75, 3.05) is 0 Å². The van der Waals surface area contributed by atoms with Crippen LogP contribution in [0.3, 0.4) is 0 Å². The van der Waals surface area contributed by atoms with Crippen molar-refractivity contribution in [2.24, 2.45) is 0 Å². The van der Waals surface area contributed by atoms with Gasteiger partial charge in [-0.25, -0.2) is 9.78 Å². The molecular formula is C19H17NO2S. The molecule has 0 unspecified atom stereocenters. The van der Waals surface area contributed by atoms with Crippen LogP contribution in [0.15, 0.2) is 54.6 Å². The summed E-state index contributed by atoms with van der Waals surface area (Å²) in [6.07, 6.45) is 0. The fraction of sp³-hybridized carbons (Fsp3) is 0.158. The van der Waals surface area contributed by atoms with Crippen LogP contribution < -0.4 is 0 Å². The Kier molecular flexibility index (Phi) is 4.53. The summed E-state index contributed by atoms with van der Waals surface area (Å²) in [5, 5.41) is 0.838. The lowest BCUT2D eigenvalue weighted by Crippen LogP contribution is -2.04. The zero-order valence-corrected chi connectivity index (χ0v) is 13.9. The van der Waals surface area contributed by atoms with Crippen molar-refractivity contribution < 1.29 is 9.53 Å². The van der Waals surface area contributed by atoms with Gasteiger partial charge >= 0.3 is 5.97 Å². The number of benzene rings is 2. The topological polar surface area (TPSA) is 39.2 Å². The maximum Gasteiger partial charge on any atom is 0.350 e. The standard InChI is InChI=1S/C19H17NO2S/c1-13-8-10-15(11-9-13)12-22-19(21)17-14(2)20-18(23-17)16-6-4-3-5-7-16/h3-11H,12H2,1-2H3. The number of aromatic nitrogens is 1. The van der Waals surface area contributed by atoms with Gasteiger partial charge in [0.05, 0.1) is 5.69 Å². The van der Waals surface area contributed by atoms with Crippen LogP contribution in [-0.2, 0) is 11.3 Å². The second-order valence-corrected chi connectivity index (χ2v) is 6.36. The second kappa shape index (κ2) is 6.75. The summed E-state index contributed by atoms with van der Waals surface area (Å²) >= 11 is 1.37. The lowest BCUT2D eigenvalue weighted by molar-refractivity contribution is 0.0477. The zero-order chi connectivity index (χ0) is 16.2. The molecule has 0 amide bonds. The molecule has 0 saturated carbocycles. The molecule has 2 aromatic carbocycles. The monoisotopic (exact) mass is 323 g/mol. The first-order valence-electron chi connectivity index (χ1n) is 7.39. The van der Waals surface area contributed by atoms with Crippen molar-refractivity contribution in [2.45, 2.75) is 20.5 Å². The molecule has 0 saturated heterocycles. The minimum absolute atomic E-state index is 0.275. The first-order valence-corrected chi connectivity index (χ1v) is 8.20. The fourth-order valence-electron chi connectivity index (χ4n) is 2.19. The maximum absolute atomic E-state index is 12.3. The molecule has 1 heterocycles. The van der Waals surface area contributed by atoms with Crippen LogP contribution >= 0.6 is 11.3 Å². The Balaban J connectivity index is 1.72. The van der Waals surface area contributed by atoms with E-state index in [4.69, 9.17) is 4.74 Å². The number of carbonyl (C=O) groups excluding carboxylic acids is 1. The highest BCUT2D eigenvalue weighted by Gasteiger charge is 2.17. The fourth-order valence-corrected chi connectivity index (χ4v) is 3.15. The van der Waals surface area contributed by atoms with Gasteiger partial charge in [-0.3, -0.25) is 0 Å². The van der Waals surface area contributed by atoms with Crippen molar-refractivity contribution in [3.05, 3.63) is 76.3 Å². The molecule has 0 radical (unpaired) electrons. The summed E-state index contributed by atoms with van der Waals surface area (Å²) in [6, 6.07) is 17.8. The van der Waals surface area contributed by atoms with Crippen LogP contribution in [-0.4, -0.2) is 11.0 Å². The molecule has 3 rings (SSSR count). The minimum atomic E-state index is -0.317. The number of thiazole rings is 1. The van der Waals surface area contributed by atoms with E-state index in [1.54, 1.807) is 0 Å². The molecule has 116 valence electrons. The van der Waals surface area contributed by atoms with E-state index in [-0.39, 0.29) is 12.6 Å². The molecule has 3 nitrogen and oxygen atoms in total. The molecule has 23 heavy (non-hydrogen) atoms. The van der Waals surface area contributed by atoms with E-state index >= 15 is 0 Å². The van der Waals surface area contributed by atoms with Gasteiger partial charge in [0.25, 0.3) is 0 Å². The molecule has 4 heteroatoms. The average Bonchev–Trinajstić information content (AvgIpc) is 2.97. The van der Waals surface area contributed by atoms with Gasteiger partial charge < -0.3 is 4.74 Å². The molecule has 0 bridgehead atoms. The number of aryl methyl sites for hydroxylation is 2. The lowest BCUT2D eigenvalue weighted by atomic mass is 10.2. The molecule has 0 aliphatic carbocycles. The number of ether oxygens (including phenoxy) is 1. The first kappa shape index (κ1) is 15.4. The largest absolute Gasteiger partial charge is 0.457 e. The van der Waals surface area contributed by atoms with Gasteiger partial charge in [-0.1, -0.05) is 60.2 Å². The summed E-state index contributed by atoms with van der Waals surface area (Å²) in [6.45, 7) is 4.14. The smallest absolute Gasteiger partial charge is 0.350 e. The number of carbonyl (C=O) groups is 1. The SMILES string of the molecule is Cc1ccc(COC(=O)c2sc(-c3ccccc3)nc2C)cc1. The van der Waals surface area contributed by atoms with Crippen molar-refractivity contribution in [3.8, 4) is 10.6 Å². The van der Waals surface area contributed by atoms with Gasteiger partial charge in [0, 0.05) is 5.56 Å². The number of hydrogen-bond donors (Lipinski definition) is 0. The Morgan fingerprint density at radius 2 is 1.74 bits per heavy atom. The molecule has 0 spiro atoms. The second-order valence-electron chi connectivity index (χ2n) is 5.36. The molecule has 0 aliphatic rings. The highest BCUT2D eigenvalue weighted by molar-refractivity contribution is 7.17. The highest BCUT2D eigenvalue weighted by Crippen LogP contribution is 2.28. The zero-order valence-electron chi connectivity index (χ0n) is 13.1. The summed E-state index contributed by atoms with van der Waals surface area (Å²) in [5.74, 6) is -0.317. The average molecular weight is 323 g/mol. The first-order chi connectivity index (χ1) is 11.1. The van der Waals surface area contributed by atoms with Gasteiger partial charge in [-0.2, -0.15) is 0 Å². The third-order valence-electron chi connectivity index (χ3n) is 3.49. The lowest BCUT2D eigenvalue weighted by Gasteiger charge is -2.04. The van der Waals surface area contributed by atoms with E-state index in [9.17, 15) is 4.79 Å². The van der Waals surface area contributed by atoms with E-state index in [1.165, 1.54) is 16.9 Å². The molecule has 0 fully saturated rings. The molecule has 3 aromatic rings. The Morgan fingerprint density at radius 1 is 1.04 bits per heavy atom. The van der Waals surface area contributed by atoms with Crippen LogP contribution in [0.1, 0.15) is 26.5 Å². The van der Waals surface area contributed by atoms with Crippen molar-refractivity contribution in [1.29, 1.82) is 0 Å². The van der Waals surface area contributed by atoms with Crippen molar-refractivity contribution >= 4 is 17.3 Å². The number of nitrogens with zero attached hydrogens (tertiary/aromatic N) is 1. The van der Waals surface area contributed by atoms with Crippen LogP contribution in [0.2, 0.25) is 0 Å². The maximum atomic E-state index is 12.3. The van der Waals surface area contributed by atoms with E-state index < -0.39 is 0 Å². The summed E-state index contributed by atoms with van der Waals surface area (Å²) in [7, 11) is 0. The predicted molar refractivity (Wildman–Crippen MR) is 92.6 cm³/mol. The van der Waals surface area contributed by atoms with Gasteiger partial charge in [0.1, 0.15) is 16.5 Å². The molecule has 0 N–H and O–H groups in total. The predicted octanol–water partition coefficient (Wildman–Crippen LogP) is 4.78. The molecule has 1 aromatic heterocycles. The number of esters is 1. The molecule has 0 atom stereocenters. The minimum Gasteiger partial charge on any atom is -0.457 e. The third-order valence-corrected chi connectivity index (χ3v) is 4.68. The van der Waals surface area contributed by atoms with E-state index in [0.717, 1.165) is 16.1 Å².